The Morgan fingerprint density at radius 2 is 0.735 bits per heavy atom. The number of nitrogens with zero attached hydrogens (tertiary/aromatic N) is 3. The number of furan rings is 1. The third-order valence-corrected chi connectivity index (χ3v) is 9.00. The molecule has 4 heteroatoms. The Bertz CT molecular complexity index is 2570. The fourth-order valence-electron chi connectivity index (χ4n) is 6.52. The second-order valence-electron chi connectivity index (χ2n) is 12.0. The molecule has 0 amide bonds. The summed E-state index contributed by atoms with van der Waals surface area (Å²) in [6.07, 6.45) is 0. The van der Waals surface area contributed by atoms with Gasteiger partial charge in [-0.15, -0.1) is 0 Å². The van der Waals surface area contributed by atoms with Crippen molar-refractivity contribution < 1.29 is 4.42 Å². The van der Waals surface area contributed by atoms with Crippen LogP contribution in [0.2, 0.25) is 0 Å². The molecule has 2 aromatic heterocycles. The van der Waals surface area contributed by atoms with Crippen molar-refractivity contribution in [1.82, 2.24) is 15.0 Å². The van der Waals surface area contributed by atoms with Crippen molar-refractivity contribution in [2.45, 2.75) is 0 Å². The van der Waals surface area contributed by atoms with Crippen LogP contribution in [0, 0.1) is 0 Å². The van der Waals surface area contributed by atoms with Crippen LogP contribution in [0.1, 0.15) is 0 Å². The van der Waals surface area contributed by atoms with E-state index in [0.29, 0.717) is 17.5 Å². The lowest BCUT2D eigenvalue weighted by molar-refractivity contribution is 0.670. The van der Waals surface area contributed by atoms with E-state index in [1.54, 1.807) is 0 Å². The van der Waals surface area contributed by atoms with Crippen LogP contribution >= 0.6 is 0 Å². The molecule has 0 aliphatic rings. The number of para-hydroxylation sites is 2. The average Bonchev–Trinajstić information content (AvgIpc) is 3.58. The molecule has 0 fully saturated rings. The molecule has 0 saturated heterocycles. The van der Waals surface area contributed by atoms with Gasteiger partial charge in [-0.3, -0.25) is 0 Å². The van der Waals surface area contributed by atoms with Crippen LogP contribution in [-0.2, 0) is 0 Å². The van der Waals surface area contributed by atoms with E-state index >= 15 is 0 Å². The van der Waals surface area contributed by atoms with Crippen molar-refractivity contribution in [1.29, 1.82) is 0 Å². The minimum Gasteiger partial charge on any atom is -0.455 e. The van der Waals surface area contributed by atoms with Crippen LogP contribution in [0.25, 0.3) is 89.5 Å². The van der Waals surface area contributed by atoms with Gasteiger partial charge in [0.15, 0.2) is 17.5 Å². The van der Waals surface area contributed by atoms with Gasteiger partial charge in [-0.25, -0.2) is 15.0 Å². The summed E-state index contributed by atoms with van der Waals surface area (Å²) in [5, 5.41) is 2.23. The van der Waals surface area contributed by atoms with Crippen molar-refractivity contribution in [3.05, 3.63) is 176 Å². The number of aromatic nitrogens is 3. The summed E-state index contributed by atoms with van der Waals surface area (Å²) >= 11 is 0. The van der Waals surface area contributed by atoms with Gasteiger partial charge >= 0.3 is 0 Å². The quantitative estimate of drug-likeness (QED) is 0.184. The Morgan fingerprint density at radius 3 is 1.45 bits per heavy atom. The first-order valence-electron chi connectivity index (χ1n) is 16.4. The first-order valence-corrected chi connectivity index (χ1v) is 16.4. The predicted molar refractivity (Wildman–Crippen MR) is 200 cm³/mol. The van der Waals surface area contributed by atoms with E-state index in [0.717, 1.165) is 60.9 Å². The number of hydrogen-bond acceptors (Lipinski definition) is 4. The highest BCUT2D eigenvalue weighted by Gasteiger charge is 2.17. The van der Waals surface area contributed by atoms with Gasteiger partial charge in [0.25, 0.3) is 0 Å². The average molecular weight is 628 g/mol. The molecule has 0 aliphatic heterocycles. The number of hydrogen-bond donors (Lipinski definition) is 0. The van der Waals surface area contributed by atoms with Gasteiger partial charge in [0.05, 0.1) is 0 Å². The zero-order valence-corrected chi connectivity index (χ0v) is 26.5. The van der Waals surface area contributed by atoms with Gasteiger partial charge in [0.1, 0.15) is 11.2 Å². The molecule has 4 nitrogen and oxygen atoms in total. The van der Waals surface area contributed by atoms with E-state index in [9.17, 15) is 0 Å². The highest BCUT2D eigenvalue weighted by atomic mass is 16.3. The van der Waals surface area contributed by atoms with Gasteiger partial charge < -0.3 is 4.42 Å². The van der Waals surface area contributed by atoms with Crippen molar-refractivity contribution in [3.63, 3.8) is 0 Å². The molecule has 0 atom stereocenters. The molecule has 9 aromatic rings. The standard InChI is InChI=1S/C45H29N3O/c1-3-12-30(13-4-1)31-22-24-32(25-23-31)36-16-7-8-18-40(36)45-47-43(34-14-5-2-6-15-34)46-44(48-45)35-28-26-33(27-29-35)37-19-11-20-39-38-17-9-10-21-41(38)49-42(37)39/h1-29H. The second kappa shape index (κ2) is 12.2. The second-order valence-corrected chi connectivity index (χ2v) is 12.0. The highest BCUT2D eigenvalue weighted by Crippen LogP contribution is 2.37. The van der Waals surface area contributed by atoms with E-state index < -0.39 is 0 Å². The predicted octanol–water partition coefficient (Wildman–Crippen LogP) is 11.8. The SMILES string of the molecule is c1ccc(-c2ccc(-c3ccccc3-c3nc(-c4ccccc4)nc(-c4ccc(-c5cccc6c5oc5ccccc56)cc4)n3)cc2)cc1. The van der Waals surface area contributed by atoms with Crippen molar-refractivity contribution in [3.8, 4) is 67.5 Å². The van der Waals surface area contributed by atoms with E-state index in [4.69, 9.17) is 19.4 Å². The van der Waals surface area contributed by atoms with E-state index in [2.05, 4.69) is 115 Å². The zero-order chi connectivity index (χ0) is 32.6. The van der Waals surface area contributed by atoms with Crippen LogP contribution in [0.15, 0.2) is 180 Å². The summed E-state index contributed by atoms with van der Waals surface area (Å²) in [5.41, 5.74) is 11.2. The van der Waals surface area contributed by atoms with E-state index in [1.807, 2.05) is 60.7 Å². The third-order valence-electron chi connectivity index (χ3n) is 9.00. The molecular formula is C45H29N3O. The van der Waals surface area contributed by atoms with Gasteiger partial charge in [-0.1, -0.05) is 170 Å². The fourth-order valence-corrected chi connectivity index (χ4v) is 6.52. The lowest BCUT2D eigenvalue weighted by Crippen LogP contribution is -2.01. The molecule has 0 spiro atoms. The summed E-state index contributed by atoms with van der Waals surface area (Å²) in [5.74, 6) is 1.88. The van der Waals surface area contributed by atoms with Crippen LogP contribution in [0.3, 0.4) is 0 Å². The zero-order valence-electron chi connectivity index (χ0n) is 26.5. The molecule has 49 heavy (non-hydrogen) atoms. The molecule has 7 aromatic carbocycles. The fraction of sp³-hybridized carbons (Fsp3) is 0. The van der Waals surface area contributed by atoms with E-state index in [1.165, 1.54) is 11.1 Å². The normalized spacial score (nSPS) is 11.3. The summed E-state index contributed by atoms with van der Waals surface area (Å²) in [6.45, 7) is 0. The summed E-state index contributed by atoms with van der Waals surface area (Å²) in [7, 11) is 0. The Balaban J connectivity index is 1.13. The first-order chi connectivity index (χ1) is 24.3. The van der Waals surface area contributed by atoms with Crippen molar-refractivity contribution in [2.24, 2.45) is 0 Å². The Labute approximate surface area is 284 Å². The molecule has 9 rings (SSSR count). The van der Waals surface area contributed by atoms with Gasteiger partial charge in [0.2, 0.25) is 0 Å². The lowest BCUT2D eigenvalue weighted by atomic mass is 9.96. The topological polar surface area (TPSA) is 51.8 Å². The van der Waals surface area contributed by atoms with Crippen molar-refractivity contribution in [2.75, 3.05) is 0 Å². The smallest absolute Gasteiger partial charge is 0.164 e. The maximum atomic E-state index is 6.33. The molecule has 0 N–H and O–H groups in total. The molecule has 0 saturated carbocycles. The van der Waals surface area contributed by atoms with Crippen LogP contribution in [0.4, 0.5) is 0 Å². The molecule has 0 radical (unpaired) electrons. The molecule has 0 aliphatic carbocycles. The molecule has 2 heterocycles. The Kier molecular flexibility index (Phi) is 7.10. The molecule has 0 unspecified atom stereocenters. The van der Waals surface area contributed by atoms with Crippen LogP contribution in [0.5, 0.6) is 0 Å². The monoisotopic (exact) mass is 627 g/mol. The highest BCUT2D eigenvalue weighted by molar-refractivity contribution is 6.09. The summed E-state index contributed by atoms with van der Waals surface area (Å²) < 4.78 is 6.33. The van der Waals surface area contributed by atoms with Gasteiger partial charge in [-0.2, -0.15) is 0 Å². The number of rotatable bonds is 6. The minimum absolute atomic E-state index is 0.617. The Hall–Kier alpha value is -6.65. The van der Waals surface area contributed by atoms with Crippen LogP contribution < -0.4 is 0 Å². The summed E-state index contributed by atoms with van der Waals surface area (Å²) in [4.78, 5) is 15.1. The third kappa shape index (κ3) is 5.35. The summed E-state index contributed by atoms with van der Waals surface area (Å²) in [6, 6.07) is 60.4. The number of fused-ring (bicyclic) bond motifs is 3. The van der Waals surface area contributed by atoms with E-state index in [-0.39, 0.29) is 0 Å². The first kappa shape index (κ1) is 28.6. The lowest BCUT2D eigenvalue weighted by Gasteiger charge is -2.13. The Morgan fingerprint density at radius 1 is 0.286 bits per heavy atom. The maximum Gasteiger partial charge on any atom is 0.164 e. The molecule has 0 bridgehead atoms. The van der Waals surface area contributed by atoms with Gasteiger partial charge in [0, 0.05) is 33.0 Å². The molecular weight excluding hydrogens is 599 g/mol. The van der Waals surface area contributed by atoms with Crippen molar-refractivity contribution >= 4 is 21.9 Å². The maximum absolute atomic E-state index is 6.33. The largest absolute Gasteiger partial charge is 0.455 e. The number of benzene rings is 7. The van der Waals surface area contributed by atoms with Crippen LogP contribution in [-0.4, -0.2) is 15.0 Å². The minimum atomic E-state index is 0.617. The van der Waals surface area contributed by atoms with Gasteiger partial charge in [-0.05, 0) is 33.9 Å². The molecule has 230 valence electrons.